The summed E-state index contributed by atoms with van der Waals surface area (Å²) in [7, 11) is 1.79. The lowest BCUT2D eigenvalue weighted by molar-refractivity contribution is -0.130. The molecule has 1 heterocycles. The molecule has 0 spiro atoms. The number of carbonyl (C=O) groups excluding carboxylic acids is 1. The van der Waals surface area contributed by atoms with Crippen molar-refractivity contribution >= 4 is 16.8 Å². The molecule has 18 heavy (non-hydrogen) atoms. The first-order valence-electron chi connectivity index (χ1n) is 6.09. The van der Waals surface area contributed by atoms with Crippen LogP contribution in [0.2, 0.25) is 0 Å². The number of nitrogens with zero attached hydrogens (tertiary/aromatic N) is 2. The van der Waals surface area contributed by atoms with Gasteiger partial charge in [0, 0.05) is 25.4 Å². The summed E-state index contributed by atoms with van der Waals surface area (Å²) in [4.78, 5) is 13.6. The fourth-order valence-corrected chi connectivity index (χ4v) is 2.04. The molecule has 0 atom stereocenters. The molecule has 0 radical (unpaired) electrons. The molecule has 0 aliphatic rings. The monoisotopic (exact) mass is 246 g/mol. The predicted octanol–water partition coefficient (Wildman–Crippen LogP) is 1.61. The van der Waals surface area contributed by atoms with Gasteiger partial charge in [-0.15, -0.1) is 0 Å². The van der Waals surface area contributed by atoms with Crippen LogP contribution in [0, 0.1) is 0 Å². The Labute approximate surface area is 106 Å². The highest BCUT2D eigenvalue weighted by Gasteiger charge is 2.11. The number of para-hydroxylation sites is 1. The van der Waals surface area contributed by atoms with Crippen LogP contribution in [0.25, 0.3) is 10.9 Å². The van der Waals surface area contributed by atoms with Gasteiger partial charge in [0.25, 0.3) is 0 Å². The number of fused-ring (bicyclic) bond motifs is 1. The molecule has 2 aromatic rings. The summed E-state index contributed by atoms with van der Waals surface area (Å²) in [5.41, 5.74) is 1.79. The lowest BCUT2D eigenvalue weighted by Crippen LogP contribution is -2.29. The Kier molecular flexibility index (Phi) is 3.67. The van der Waals surface area contributed by atoms with Crippen molar-refractivity contribution < 1.29 is 9.90 Å². The number of hydrogen-bond acceptors (Lipinski definition) is 2. The van der Waals surface area contributed by atoms with Gasteiger partial charge >= 0.3 is 0 Å². The van der Waals surface area contributed by atoms with E-state index in [4.69, 9.17) is 0 Å². The van der Waals surface area contributed by atoms with Crippen molar-refractivity contribution in [3.63, 3.8) is 0 Å². The molecule has 1 N–H and O–H groups in total. The molecular formula is C14H18N2O2. The molecule has 0 saturated heterocycles. The first-order chi connectivity index (χ1) is 8.67. The van der Waals surface area contributed by atoms with E-state index in [9.17, 15) is 9.90 Å². The van der Waals surface area contributed by atoms with Crippen molar-refractivity contribution in [2.45, 2.75) is 20.1 Å². The summed E-state index contributed by atoms with van der Waals surface area (Å²) in [6.45, 7) is 2.94. The van der Waals surface area contributed by atoms with Crippen molar-refractivity contribution in [3.8, 4) is 0 Å². The molecule has 4 heteroatoms. The van der Waals surface area contributed by atoms with Crippen LogP contribution in [0.4, 0.5) is 0 Å². The fraction of sp³-hybridized carbons (Fsp3) is 0.357. The number of benzene rings is 1. The Hall–Kier alpha value is -1.81. The highest BCUT2D eigenvalue weighted by Crippen LogP contribution is 2.20. The second-order valence-electron chi connectivity index (χ2n) is 4.36. The lowest BCUT2D eigenvalue weighted by Gasteiger charge is -2.16. The number of hydrogen-bond donors (Lipinski definition) is 1. The molecule has 0 saturated carbocycles. The molecule has 0 fully saturated rings. The number of amides is 1. The SMILES string of the molecule is CCN(C)C(=O)Cn1ccc2cccc(CO)c21. The topological polar surface area (TPSA) is 45.5 Å². The van der Waals surface area contributed by atoms with E-state index in [0.717, 1.165) is 16.5 Å². The lowest BCUT2D eigenvalue weighted by atomic mass is 10.1. The van der Waals surface area contributed by atoms with Gasteiger partial charge in [-0.2, -0.15) is 0 Å². The number of aromatic nitrogens is 1. The van der Waals surface area contributed by atoms with Crippen LogP contribution >= 0.6 is 0 Å². The zero-order valence-electron chi connectivity index (χ0n) is 10.8. The molecule has 0 bridgehead atoms. The second kappa shape index (κ2) is 5.23. The van der Waals surface area contributed by atoms with E-state index in [1.54, 1.807) is 11.9 Å². The Morgan fingerprint density at radius 3 is 2.83 bits per heavy atom. The first-order valence-corrected chi connectivity index (χ1v) is 6.09. The van der Waals surface area contributed by atoms with Gasteiger partial charge in [-0.1, -0.05) is 18.2 Å². The smallest absolute Gasteiger partial charge is 0.242 e. The summed E-state index contributed by atoms with van der Waals surface area (Å²) in [5, 5.41) is 10.4. The van der Waals surface area contributed by atoms with E-state index < -0.39 is 0 Å². The van der Waals surface area contributed by atoms with Crippen molar-refractivity contribution in [1.29, 1.82) is 0 Å². The molecule has 1 amide bonds. The number of aliphatic hydroxyl groups excluding tert-OH is 1. The van der Waals surface area contributed by atoms with Gasteiger partial charge < -0.3 is 14.6 Å². The van der Waals surface area contributed by atoms with Crippen LogP contribution in [0.3, 0.4) is 0 Å². The Balaban J connectivity index is 2.37. The molecule has 0 aliphatic heterocycles. The van der Waals surface area contributed by atoms with Crippen LogP contribution in [0.15, 0.2) is 30.5 Å². The summed E-state index contributed by atoms with van der Waals surface area (Å²) in [6, 6.07) is 7.75. The maximum Gasteiger partial charge on any atom is 0.242 e. The summed E-state index contributed by atoms with van der Waals surface area (Å²) < 4.78 is 1.90. The Morgan fingerprint density at radius 1 is 1.39 bits per heavy atom. The molecule has 96 valence electrons. The van der Waals surface area contributed by atoms with Gasteiger partial charge in [-0.05, 0) is 18.4 Å². The normalized spacial score (nSPS) is 10.8. The molecule has 1 aromatic heterocycles. The van der Waals surface area contributed by atoms with Gasteiger partial charge in [0.1, 0.15) is 6.54 Å². The number of likely N-dealkylation sites (N-methyl/N-ethyl adjacent to an activating group) is 1. The summed E-state index contributed by atoms with van der Waals surface area (Å²) in [6.07, 6.45) is 1.89. The van der Waals surface area contributed by atoms with Crippen LogP contribution in [0.1, 0.15) is 12.5 Å². The predicted molar refractivity (Wildman–Crippen MR) is 71.2 cm³/mol. The quantitative estimate of drug-likeness (QED) is 0.891. The van der Waals surface area contributed by atoms with Gasteiger partial charge in [0.2, 0.25) is 5.91 Å². The van der Waals surface area contributed by atoms with Crippen LogP contribution in [0.5, 0.6) is 0 Å². The number of aliphatic hydroxyl groups is 1. The minimum absolute atomic E-state index is 0.0147. The largest absolute Gasteiger partial charge is 0.392 e. The Bertz CT molecular complexity index is 560. The molecule has 4 nitrogen and oxygen atoms in total. The maximum absolute atomic E-state index is 11.9. The molecule has 0 unspecified atom stereocenters. The van der Waals surface area contributed by atoms with Gasteiger partial charge in [-0.25, -0.2) is 0 Å². The van der Waals surface area contributed by atoms with E-state index in [0.29, 0.717) is 13.1 Å². The standard InChI is InChI=1S/C14H18N2O2/c1-3-15(2)13(18)9-16-8-7-11-5-4-6-12(10-17)14(11)16/h4-8,17H,3,9-10H2,1-2H3. The van der Waals surface area contributed by atoms with E-state index in [2.05, 4.69) is 0 Å². The maximum atomic E-state index is 11.9. The van der Waals surface area contributed by atoms with E-state index in [1.165, 1.54) is 0 Å². The molecule has 1 aromatic carbocycles. The second-order valence-corrected chi connectivity index (χ2v) is 4.36. The van der Waals surface area contributed by atoms with Gasteiger partial charge in [0.05, 0.1) is 12.1 Å². The first kappa shape index (κ1) is 12.6. The summed E-state index contributed by atoms with van der Waals surface area (Å²) in [5.74, 6) is 0.0720. The van der Waals surface area contributed by atoms with Crippen LogP contribution < -0.4 is 0 Å². The van der Waals surface area contributed by atoms with E-state index in [-0.39, 0.29) is 12.5 Å². The average molecular weight is 246 g/mol. The van der Waals surface area contributed by atoms with Crippen LogP contribution in [-0.2, 0) is 17.9 Å². The third kappa shape index (κ3) is 2.24. The third-order valence-electron chi connectivity index (χ3n) is 3.25. The minimum atomic E-state index is -0.0147. The van der Waals surface area contributed by atoms with E-state index >= 15 is 0 Å². The minimum Gasteiger partial charge on any atom is -0.392 e. The highest BCUT2D eigenvalue weighted by molar-refractivity contribution is 5.85. The summed E-state index contributed by atoms with van der Waals surface area (Å²) >= 11 is 0. The number of rotatable bonds is 4. The Morgan fingerprint density at radius 2 is 2.17 bits per heavy atom. The molecule has 2 rings (SSSR count). The molecule has 0 aliphatic carbocycles. The highest BCUT2D eigenvalue weighted by atomic mass is 16.3. The van der Waals surface area contributed by atoms with Crippen LogP contribution in [-0.4, -0.2) is 34.1 Å². The van der Waals surface area contributed by atoms with Gasteiger partial charge in [0.15, 0.2) is 0 Å². The zero-order chi connectivity index (χ0) is 13.1. The average Bonchev–Trinajstić information content (AvgIpc) is 2.81. The number of carbonyl (C=O) groups is 1. The van der Waals surface area contributed by atoms with E-state index in [1.807, 2.05) is 42.0 Å². The van der Waals surface area contributed by atoms with Crippen molar-refractivity contribution in [2.75, 3.05) is 13.6 Å². The third-order valence-corrected chi connectivity index (χ3v) is 3.25. The fourth-order valence-electron chi connectivity index (χ4n) is 2.04. The van der Waals surface area contributed by atoms with Crippen molar-refractivity contribution in [3.05, 3.63) is 36.0 Å². The van der Waals surface area contributed by atoms with Gasteiger partial charge in [-0.3, -0.25) is 4.79 Å². The van der Waals surface area contributed by atoms with Crippen molar-refractivity contribution in [2.24, 2.45) is 0 Å². The molecular weight excluding hydrogens is 228 g/mol. The zero-order valence-corrected chi connectivity index (χ0v) is 10.8. The van der Waals surface area contributed by atoms with Crippen molar-refractivity contribution in [1.82, 2.24) is 9.47 Å².